The Labute approximate surface area is 183 Å². The lowest BCUT2D eigenvalue weighted by atomic mass is 10.0. The van der Waals surface area contributed by atoms with Crippen LogP contribution in [0.25, 0.3) is 0 Å². The van der Waals surface area contributed by atoms with Crippen LogP contribution in [0.3, 0.4) is 0 Å². The van der Waals surface area contributed by atoms with Crippen molar-refractivity contribution < 1.29 is 24.1 Å². The molecule has 0 saturated carbocycles. The summed E-state index contributed by atoms with van der Waals surface area (Å²) in [5.41, 5.74) is 3.13. The van der Waals surface area contributed by atoms with Crippen LogP contribution in [0, 0.1) is 0 Å². The summed E-state index contributed by atoms with van der Waals surface area (Å²) in [4.78, 5) is 0. The smallest absolute Gasteiger partial charge is 0.183 e. The summed E-state index contributed by atoms with van der Waals surface area (Å²) in [6.45, 7) is 1.41. The topological polar surface area (TPSA) is 57.2 Å². The third-order valence-corrected chi connectivity index (χ3v) is 5.28. The second-order valence-corrected chi connectivity index (χ2v) is 7.58. The van der Waals surface area contributed by atoms with Crippen LogP contribution in [0.4, 0.5) is 0 Å². The molecule has 1 fully saturated rings. The number of aliphatic hydroxyl groups is 1. The predicted molar refractivity (Wildman–Crippen MR) is 117 cm³/mol. The van der Waals surface area contributed by atoms with Crippen LogP contribution >= 0.6 is 0 Å². The van der Waals surface area contributed by atoms with Crippen molar-refractivity contribution in [2.45, 2.75) is 44.4 Å². The Bertz CT molecular complexity index is 887. The zero-order valence-corrected chi connectivity index (χ0v) is 17.4. The summed E-state index contributed by atoms with van der Waals surface area (Å²) >= 11 is 0. The van der Waals surface area contributed by atoms with E-state index in [9.17, 15) is 5.11 Å². The van der Waals surface area contributed by atoms with Crippen LogP contribution in [0.2, 0.25) is 0 Å². The van der Waals surface area contributed by atoms with Gasteiger partial charge in [0.05, 0.1) is 26.4 Å². The number of rotatable bonds is 9. The van der Waals surface area contributed by atoms with Gasteiger partial charge in [-0.1, -0.05) is 91.0 Å². The van der Waals surface area contributed by atoms with E-state index in [4.69, 9.17) is 18.9 Å². The molecular weight excluding hydrogens is 392 g/mol. The average Bonchev–Trinajstić information content (AvgIpc) is 2.83. The quantitative estimate of drug-likeness (QED) is 0.565. The van der Waals surface area contributed by atoms with E-state index < -0.39 is 18.5 Å². The van der Waals surface area contributed by atoms with Crippen LogP contribution in [0.1, 0.15) is 16.7 Å². The second-order valence-electron chi connectivity index (χ2n) is 7.58. The minimum absolute atomic E-state index is 0.235. The molecule has 0 bridgehead atoms. The van der Waals surface area contributed by atoms with Crippen LogP contribution in [-0.4, -0.2) is 36.3 Å². The van der Waals surface area contributed by atoms with E-state index in [1.165, 1.54) is 0 Å². The predicted octanol–water partition coefficient (Wildman–Crippen LogP) is 4.09. The third-order valence-electron chi connectivity index (χ3n) is 5.28. The molecule has 0 aromatic heterocycles. The summed E-state index contributed by atoms with van der Waals surface area (Å²) in [5.74, 6) is 0. The zero-order chi connectivity index (χ0) is 21.3. The molecule has 0 amide bonds. The number of aliphatic hydroxyl groups excluding tert-OH is 1. The number of ether oxygens (including phenoxy) is 4. The Morgan fingerprint density at radius 2 is 1.03 bits per heavy atom. The molecule has 0 spiro atoms. The molecule has 3 aromatic carbocycles. The first-order valence-corrected chi connectivity index (χ1v) is 10.6. The maximum absolute atomic E-state index is 10.5. The van der Waals surface area contributed by atoms with Gasteiger partial charge in [-0.2, -0.15) is 0 Å². The van der Waals surface area contributed by atoms with Gasteiger partial charge < -0.3 is 24.1 Å². The zero-order valence-electron chi connectivity index (χ0n) is 17.4. The van der Waals surface area contributed by atoms with Crippen molar-refractivity contribution in [1.82, 2.24) is 0 Å². The summed E-state index contributed by atoms with van der Waals surface area (Å²) in [6, 6.07) is 29.8. The van der Waals surface area contributed by atoms with Crippen molar-refractivity contribution in [1.29, 1.82) is 0 Å². The van der Waals surface area contributed by atoms with Crippen molar-refractivity contribution in [3.8, 4) is 0 Å². The fourth-order valence-corrected chi connectivity index (χ4v) is 3.59. The van der Waals surface area contributed by atoms with Crippen molar-refractivity contribution in [3.63, 3.8) is 0 Å². The van der Waals surface area contributed by atoms with Gasteiger partial charge in [0.1, 0.15) is 18.3 Å². The highest BCUT2D eigenvalue weighted by atomic mass is 16.7. The third kappa shape index (κ3) is 6.23. The summed E-state index contributed by atoms with van der Waals surface area (Å²) < 4.78 is 24.1. The van der Waals surface area contributed by atoms with Gasteiger partial charge in [-0.25, -0.2) is 0 Å². The fourth-order valence-electron chi connectivity index (χ4n) is 3.59. The van der Waals surface area contributed by atoms with E-state index in [2.05, 4.69) is 0 Å². The number of benzene rings is 3. The molecule has 0 aliphatic carbocycles. The highest BCUT2D eigenvalue weighted by Crippen LogP contribution is 2.25. The molecule has 1 saturated heterocycles. The molecule has 162 valence electrons. The molecule has 4 rings (SSSR count). The Hall–Kier alpha value is -2.54. The SMILES string of the molecule is OC1OC[C@H](OCc2ccccc2)[C@@H](OCc2ccccc2)[C@@H]1OCc1ccccc1. The fraction of sp³-hybridized carbons (Fsp3) is 0.308. The molecule has 4 atom stereocenters. The molecule has 5 heteroatoms. The standard InChI is InChI=1S/C26H28O5/c27-26-25(30-18-22-14-8-3-9-15-22)24(29-17-21-12-6-2-7-13-21)23(19-31-26)28-16-20-10-4-1-5-11-20/h1-15,23-27H,16-19H2/t23-,24+,25-,26?/m0/s1. The van der Waals surface area contributed by atoms with E-state index in [0.29, 0.717) is 19.8 Å². The first kappa shape index (κ1) is 21.7. The van der Waals surface area contributed by atoms with Crippen molar-refractivity contribution in [3.05, 3.63) is 108 Å². The average molecular weight is 421 g/mol. The molecule has 1 aliphatic rings. The number of hydrogen-bond acceptors (Lipinski definition) is 5. The maximum atomic E-state index is 10.5. The van der Waals surface area contributed by atoms with E-state index in [0.717, 1.165) is 16.7 Å². The molecule has 1 heterocycles. The van der Waals surface area contributed by atoms with Gasteiger partial charge in [-0.05, 0) is 16.7 Å². The Kier molecular flexibility index (Phi) is 7.82. The summed E-state index contributed by atoms with van der Waals surface area (Å²) in [7, 11) is 0. The molecule has 31 heavy (non-hydrogen) atoms. The minimum Gasteiger partial charge on any atom is -0.368 e. The highest BCUT2D eigenvalue weighted by molar-refractivity contribution is 5.15. The molecule has 1 aliphatic heterocycles. The van der Waals surface area contributed by atoms with E-state index in [1.54, 1.807) is 0 Å². The Morgan fingerprint density at radius 1 is 0.613 bits per heavy atom. The maximum Gasteiger partial charge on any atom is 0.183 e. The molecular formula is C26H28O5. The van der Waals surface area contributed by atoms with Crippen LogP contribution < -0.4 is 0 Å². The monoisotopic (exact) mass is 420 g/mol. The lowest BCUT2D eigenvalue weighted by molar-refractivity contribution is -0.286. The molecule has 1 unspecified atom stereocenters. The van der Waals surface area contributed by atoms with E-state index >= 15 is 0 Å². The lowest BCUT2D eigenvalue weighted by Crippen LogP contribution is -2.56. The largest absolute Gasteiger partial charge is 0.368 e. The lowest BCUT2D eigenvalue weighted by Gasteiger charge is -2.40. The van der Waals surface area contributed by atoms with Crippen molar-refractivity contribution in [2.24, 2.45) is 0 Å². The van der Waals surface area contributed by atoms with Crippen LogP contribution in [0.5, 0.6) is 0 Å². The first-order chi connectivity index (χ1) is 15.3. The van der Waals surface area contributed by atoms with Gasteiger partial charge in [0.25, 0.3) is 0 Å². The van der Waals surface area contributed by atoms with Gasteiger partial charge in [0, 0.05) is 0 Å². The van der Waals surface area contributed by atoms with Gasteiger partial charge >= 0.3 is 0 Å². The van der Waals surface area contributed by atoms with E-state index in [-0.39, 0.29) is 12.7 Å². The minimum atomic E-state index is -1.08. The van der Waals surface area contributed by atoms with Gasteiger partial charge in [0.2, 0.25) is 0 Å². The molecule has 1 N–H and O–H groups in total. The Morgan fingerprint density at radius 3 is 1.52 bits per heavy atom. The van der Waals surface area contributed by atoms with Crippen LogP contribution in [0.15, 0.2) is 91.0 Å². The normalized spacial score (nSPS) is 23.5. The molecule has 0 radical (unpaired) electrons. The number of hydrogen-bond donors (Lipinski definition) is 1. The van der Waals surface area contributed by atoms with Gasteiger partial charge in [0.15, 0.2) is 6.29 Å². The van der Waals surface area contributed by atoms with E-state index in [1.807, 2.05) is 91.0 Å². The van der Waals surface area contributed by atoms with Crippen LogP contribution in [-0.2, 0) is 38.8 Å². The molecule has 3 aromatic rings. The van der Waals surface area contributed by atoms with Gasteiger partial charge in [-0.3, -0.25) is 0 Å². The highest BCUT2D eigenvalue weighted by Gasteiger charge is 2.42. The Balaban J connectivity index is 1.46. The first-order valence-electron chi connectivity index (χ1n) is 10.6. The second kappa shape index (κ2) is 11.2. The van der Waals surface area contributed by atoms with Crippen molar-refractivity contribution in [2.75, 3.05) is 6.61 Å². The van der Waals surface area contributed by atoms with Gasteiger partial charge in [-0.15, -0.1) is 0 Å². The summed E-state index contributed by atoms with van der Waals surface area (Å²) in [5, 5.41) is 10.5. The van der Waals surface area contributed by atoms with Crippen molar-refractivity contribution >= 4 is 0 Å². The molecule has 5 nitrogen and oxygen atoms in total. The summed E-state index contributed by atoms with van der Waals surface area (Å²) in [6.07, 6.45) is -2.59.